The Morgan fingerprint density at radius 3 is 2.61 bits per heavy atom. The summed E-state index contributed by atoms with van der Waals surface area (Å²) in [7, 11) is 0. The molecule has 1 fully saturated rings. The third kappa shape index (κ3) is 4.91. The first kappa shape index (κ1) is 23.3. The molecule has 4 rings (SSSR count). The lowest BCUT2D eigenvalue weighted by Gasteiger charge is -2.17. The second-order valence-electron chi connectivity index (χ2n) is 8.19. The van der Waals surface area contributed by atoms with E-state index in [-0.39, 0.29) is 23.9 Å². The maximum Gasteiger partial charge on any atom is 0.269 e. The zero-order chi connectivity index (χ0) is 23.7. The van der Waals surface area contributed by atoms with Gasteiger partial charge in [-0.2, -0.15) is 5.10 Å². The molecular formula is C24H22BrClN4O3. The van der Waals surface area contributed by atoms with Gasteiger partial charge in [-0.15, -0.1) is 0 Å². The monoisotopic (exact) mass is 528 g/mol. The number of hydrogen-bond donors (Lipinski definition) is 1. The Morgan fingerprint density at radius 1 is 1.24 bits per heavy atom. The van der Waals surface area contributed by atoms with Gasteiger partial charge in [-0.1, -0.05) is 17.7 Å². The predicted molar refractivity (Wildman–Crippen MR) is 128 cm³/mol. The Morgan fingerprint density at radius 2 is 1.97 bits per heavy atom. The predicted octanol–water partition coefficient (Wildman–Crippen LogP) is 4.36. The van der Waals surface area contributed by atoms with Gasteiger partial charge in [0, 0.05) is 25.1 Å². The maximum absolute atomic E-state index is 13.2. The van der Waals surface area contributed by atoms with E-state index in [1.165, 1.54) is 0 Å². The number of ketones is 2. The van der Waals surface area contributed by atoms with E-state index in [2.05, 4.69) is 31.3 Å². The summed E-state index contributed by atoms with van der Waals surface area (Å²) in [6.07, 6.45) is 3.85. The third-order valence-corrected chi connectivity index (χ3v) is 6.50. The van der Waals surface area contributed by atoms with E-state index in [0.29, 0.717) is 28.3 Å². The van der Waals surface area contributed by atoms with Crippen LogP contribution in [-0.2, 0) is 9.59 Å². The Labute approximate surface area is 204 Å². The van der Waals surface area contributed by atoms with Gasteiger partial charge in [-0.05, 0) is 77.2 Å². The van der Waals surface area contributed by atoms with Gasteiger partial charge in [0.1, 0.15) is 22.0 Å². The fourth-order valence-electron chi connectivity index (χ4n) is 4.37. The molecule has 33 heavy (non-hydrogen) atoms. The molecule has 0 saturated heterocycles. The van der Waals surface area contributed by atoms with Gasteiger partial charge >= 0.3 is 0 Å². The van der Waals surface area contributed by atoms with Gasteiger partial charge in [0.15, 0.2) is 5.78 Å². The first-order valence-electron chi connectivity index (χ1n) is 10.5. The lowest BCUT2D eigenvalue weighted by atomic mass is 9.87. The normalized spacial score (nSPS) is 18.1. The van der Waals surface area contributed by atoms with Gasteiger partial charge in [0.05, 0.1) is 16.9 Å². The van der Waals surface area contributed by atoms with E-state index in [9.17, 15) is 14.4 Å². The number of aromatic nitrogens is 3. The summed E-state index contributed by atoms with van der Waals surface area (Å²) in [5, 5.41) is 7.54. The van der Waals surface area contributed by atoms with Crippen LogP contribution in [0.4, 0.5) is 0 Å². The van der Waals surface area contributed by atoms with E-state index < -0.39 is 11.8 Å². The van der Waals surface area contributed by atoms with E-state index in [1.807, 2.05) is 26.0 Å². The summed E-state index contributed by atoms with van der Waals surface area (Å²) >= 11 is 9.22. The molecule has 1 amide bonds. The van der Waals surface area contributed by atoms with Crippen LogP contribution in [0.3, 0.4) is 0 Å². The van der Waals surface area contributed by atoms with Crippen LogP contribution in [0.2, 0.25) is 5.02 Å². The van der Waals surface area contributed by atoms with Crippen molar-refractivity contribution in [1.29, 1.82) is 0 Å². The first-order chi connectivity index (χ1) is 15.7. The van der Waals surface area contributed by atoms with Crippen LogP contribution >= 0.6 is 27.5 Å². The van der Waals surface area contributed by atoms with Crippen LogP contribution in [0.25, 0.3) is 5.69 Å². The minimum atomic E-state index is -0.771. The molecule has 2 atom stereocenters. The van der Waals surface area contributed by atoms with Gasteiger partial charge in [-0.3, -0.25) is 14.4 Å². The SMILES string of the molecule is Cc1cc(-n2cc(Cl)cn2)cc(C)c1C1C(=O)CC(CCNC(=O)c2cccc(Br)n2)C1=O. The van der Waals surface area contributed by atoms with Crippen molar-refractivity contribution < 1.29 is 14.4 Å². The Hall–Kier alpha value is -2.84. The van der Waals surface area contributed by atoms with Crippen LogP contribution in [0.15, 0.2) is 47.3 Å². The number of nitrogens with one attached hydrogen (secondary N) is 1. The largest absolute Gasteiger partial charge is 0.351 e. The second-order valence-corrected chi connectivity index (χ2v) is 9.44. The number of benzene rings is 1. The molecule has 0 bridgehead atoms. The number of Topliss-reactive ketones (excluding diaryl/α,β-unsaturated/α-hetero) is 2. The summed E-state index contributed by atoms with van der Waals surface area (Å²) < 4.78 is 2.23. The molecule has 7 nitrogen and oxygen atoms in total. The van der Waals surface area contributed by atoms with Crippen LogP contribution in [0.5, 0.6) is 0 Å². The fourth-order valence-corrected chi connectivity index (χ4v) is 4.85. The first-order valence-corrected chi connectivity index (χ1v) is 11.7. The molecule has 0 radical (unpaired) electrons. The average molecular weight is 530 g/mol. The molecule has 2 unspecified atom stereocenters. The van der Waals surface area contributed by atoms with Crippen molar-refractivity contribution in [3.05, 3.63) is 74.7 Å². The molecule has 1 aromatic carbocycles. The van der Waals surface area contributed by atoms with Crippen molar-refractivity contribution in [2.75, 3.05) is 6.54 Å². The molecule has 0 spiro atoms. The Kier molecular flexibility index (Phi) is 6.76. The molecule has 3 aromatic rings. The van der Waals surface area contributed by atoms with E-state index >= 15 is 0 Å². The molecule has 0 aliphatic heterocycles. The summed E-state index contributed by atoms with van der Waals surface area (Å²) in [4.78, 5) is 42.4. The van der Waals surface area contributed by atoms with Gasteiger partial charge in [-0.25, -0.2) is 9.67 Å². The molecular weight excluding hydrogens is 508 g/mol. The van der Waals surface area contributed by atoms with Gasteiger partial charge in [0.25, 0.3) is 5.91 Å². The lowest BCUT2D eigenvalue weighted by molar-refractivity contribution is -0.124. The molecule has 2 aromatic heterocycles. The van der Waals surface area contributed by atoms with Crippen LogP contribution in [0, 0.1) is 19.8 Å². The van der Waals surface area contributed by atoms with Crippen LogP contribution in [0.1, 0.15) is 45.9 Å². The number of rotatable bonds is 6. The lowest BCUT2D eigenvalue weighted by Crippen LogP contribution is -2.28. The minimum absolute atomic E-state index is 0.0777. The number of amides is 1. The van der Waals surface area contributed by atoms with E-state index in [0.717, 1.165) is 22.4 Å². The number of carbonyl (C=O) groups is 3. The molecule has 170 valence electrons. The highest BCUT2D eigenvalue weighted by molar-refractivity contribution is 9.10. The summed E-state index contributed by atoms with van der Waals surface area (Å²) in [5.41, 5.74) is 3.59. The highest BCUT2D eigenvalue weighted by atomic mass is 79.9. The number of halogens is 2. The Bertz CT molecular complexity index is 1230. The van der Waals surface area contributed by atoms with Crippen molar-refractivity contribution in [1.82, 2.24) is 20.1 Å². The fraction of sp³-hybridized carbons (Fsp3) is 0.292. The quantitative estimate of drug-likeness (QED) is 0.378. The molecule has 2 heterocycles. The minimum Gasteiger partial charge on any atom is -0.351 e. The van der Waals surface area contributed by atoms with Gasteiger partial charge < -0.3 is 5.32 Å². The number of hydrogen-bond acceptors (Lipinski definition) is 5. The molecule has 1 aliphatic rings. The standard InChI is InChI=1S/C24H22BrClN4O3/c1-13-8-17(30-12-16(26)11-28-30)9-14(2)21(13)22-19(31)10-15(23(22)32)6-7-27-24(33)18-4-3-5-20(25)29-18/h3-5,8-9,11-12,15,22H,6-7,10H2,1-2H3,(H,27,33). The van der Waals surface area contributed by atoms with Crippen molar-refractivity contribution in [3.8, 4) is 5.69 Å². The zero-order valence-electron chi connectivity index (χ0n) is 18.1. The highest BCUT2D eigenvalue weighted by Gasteiger charge is 2.42. The van der Waals surface area contributed by atoms with Gasteiger partial charge in [0.2, 0.25) is 0 Å². The molecule has 1 N–H and O–H groups in total. The molecule has 9 heteroatoms. The number of aryl methyl sites for hydroxylation is 2. The van der Waals surface area contributed by atoms with Crippen molar-refractivity contribution >= 4 is 45.0 Å². The topological polar surface area (TPSA) is 93.9 Å². The Balaban J connectivity index is 1.45. The zero-order valence-corrected chi connectivity index (χ0v) is 20.5. The maximum atomic E-state index is 13.2. The number of pyridine rings is 1. The van der Waals surface area contributed by atoms with Crippen molar-refractivity contribution in [2.24, 2.45) is 5.92 Å². The van der Waals surface area contributed by atoms with E-state index in [4.69, 9.17) is 11.6 Å². The third-order valence-electron chi connectivity index (χ3n) is 5.87. The van der Waals surface area contributed by atoms with Crippen LogP contribution in [-0.4, -0.2) is 38.8 Å². The van der Waals surface area contributed by atoms with E-state index in [1.54, 1.807) is 35.3 Å². The second kappa shape index (κ2) is 9.57. The molecule has 1 saturated carbocycles. The number of carbonyl (C=O) groups excluding carboxylic acids is 3. The van der Waals surface area contributed by atoms with Crippen molar-refractivity contribution in [2.45, 2.75) is 32.6 Å². The van der Waals surface area contributed by atoms with Crippen LogP contribution < -0.4 is 5.32 Å². The van der Waals surface area contributed by atoms with Crippen molar-refractivity contribution in [3.63, 3.8) is 0 Å². The summed E-state index contributed by atoms with van der Waals surface area (Å²) in [6.45, 7) is 4.09. The summed E-state index contributed by atoms with van der Waals surface area (Å²) in [5.74, 6) is -1.66. The summed E-state index contributed by atoms with van der Waals surface area (Å²) in [6, 6.07) is 8.90. The highest BCUT2D eigenvalue weighted by Crippen LogP contribution is 2.37. The smallest absolute Gasteiger partial charge is 0.269 e. The average Bonchev–Trinajstić information content (AvgIpc) is 3.31. The molecule has 1 aliphatic carbocycles. The number of nitrogens with zero attached hydrogens (tertiary/aromatic N) is 3.